The molecule has 0 aliphatic heterocycles. The molecule has 32 heavy (non-hydrogen) atoms. The minimum atomic E-state index is -4.59. The molecule has 3 heterocycles. The van der Waals surface area contributed by atoms with Gasteiger partial charge in [-0.05, 0) is 35.0 Å². The van der Waals surface area contributed by atoms with Crippen molar-refractivity contribution in [3.05, 3.63) is 61.8 Å². The quantitative estimate of drug-likeness (QED) is 0.400. The van der Waals surface area contributed by atoms with Gasteiger partial charge in [-0.25, -0.2) is 9.78 Å². The Bertz CT molecular complexity index is 1430. The predicted octanol–water partition coefficient (Wildman–Crippen LogP) is 4.66. The molecule has 0 bridgehead atoms. The summed E-state index contributed by atoms with van der Waals surface area (Å²) in [5, 5.41) is 12.6. The molecule has 1 unspecified atom stereocenters. The Balaban J connectivity index is 1.80. The summed E-state index contributed by atoms with van der Waals surface area (Å²) in [6.07, 6.45) is -0.250. The molecule has 2 N–H and O–H groups in total. The van der Waals surface area contributed by atoms with Gasteiger partial charge in [-0.15, -0.1) is 11.3 Å². The average Bonchev–Trinajstić information content (AvgIpc) is 3.23. The summed E-state index contributed by atoms with van der Waals surface area (Å²) in [4.78, 5) is 31.5. The lowest BCUT2D eigenvalue weighted by Gasteiger charge is -2.18. The van der Waals surface area contributed by atoms with Crippen molar-refractivity contribution in [2.45, 2.75) is 19.1 Å². The highest BCUT2D eigenvalue weighted by atomic mass is 79.9. The Kier molecular flexibility index (Phi) is 5.66. The van der Waals surface area contributed by atoms with E-state index < -0.39 is 23.5 Å². The number of nitriles is 1. The maximum absolute atomic E-state index is 13.3. The maximum Gasteiger partial charge on any atom is 0.416 e. The second-order valence-corrected chi connectivity index (χ2v) is 8.45. The summed E-state index contributed by atoms with van der Waals surface area (Å²) in [6, 6.07) is 3.19. The Labute approximate surface area is 190 Å². The van der Waals surface area contributed by atoms with Crippen molar-refractivity contribution in [3.8, 4) is 16.8 Å². The fourth-order valence-electron chi connectivity index (χ4n) is 3.03. The molecule has 0 aliphatic carbocycles. The molecule has 1 atom stereocenters. The first-order chi connectivity index (χ1) is 15.2. The van der Waals surface area contributed by atoms with E-state index >= 15 is 0 Å². The Morgan fingerprint density at radius 2 is 2.00 bits per heavy atom. The molecule has 13 heteroatoms. The van der Waals surface area contributed by atoms with E-state index in [0.29, 0.717) is 21.3 Å². The lowest BCUT2D eigenvalue weighted by molar-refractivity contribution is -0.137. The summed E-state index contributed by atoms with van der Waals surface area (Å²) < 4.78 is 40.1. The van der Waals surface area contributed by atoms with Crippen LogP contribution in [0.1, 0.15) is 29.1 Å². The second-order valence-electron chi connectivity index (χ2n) is 6.57. The van der Waals surface area contributed by atoms with E-state index in [-0.39, 0.29) is 21.2 Å². The summed E-state index contributed by atoms with van der Waals surface area (Å²) in [5.41, 5.74) is -0.623. The van der Waals surface area contributed by atoms with Gasteiger partial charge in [-0.2, -0.15) is 23.4 Å². The number of thiazole rings is 1. The number of hydrogen-bond acceptors (Lipinski definition) is 8. The Morgan fingerprint density at radius 1 is 1.25 bits per heavy atom. The van der Waals surface area contributed by atoms with Crippen molar-refractivity contribution in [3.63, 3.8) is 0 Å². The van der Waals surface area contributed by atoms with Crippen LogP contribution in [-0.2, 0) is 6.18 Å². The average molecular weight is 522 g/mol. The largest absolute Gasteiger partial charge is 0.416 e. The third kappa shape index (κ3) is 4.19. The number of fused-ring (bicyclic) bond motifs is 1. The monoisotopic (exact) mass is 521 g/mol. The third-order valence-electron chi connectivity index (χ3n) is 4.43. The summed E-state index contributed by atoms with van der Waals surface area (Å²) in [7, 11) is 0. The highest BCUT2D eigenvalue weighted by Crippen LogP contribution is 2.37. The van der Waals surface area contributed by atoms with Crippen LogP contribution in [0.5, 0.6) is 0 Å². The predicted molar refractivity (Wildman–Crippen MR) is 115 cm³/mol. The van der Waals surface area contributed by atoms with E-state index in [1.165, 1.54) is 18.6 Å². The molecule has 8 nitrogen and oxygen atoms in total. The number of benzene rings is 1. The first kappa shape index (κ1) is 21.8. The molecule has 162 valence electrons. The highest BCUT2D eigenvalue weighted by Gasteiger charge is 2.32. The lowest BCUT2D eigenvalue weighted by Crippen LogP contribution is -2.18. The van der Waals surface area contributed by atoms with Gasteiger partial charge in [0, 0.05) is 22.3 Å². The smallest absolute Gasteiger partial charge is 0.361 e. The molecule has 0 radical (unpaired) electrons. The molecule has 0 spiro atoms. The first-order valence-electron chi connectivity index (χ1n) is 8.92. The molecular formula is C19H11BrF3N7OS. The number of aromatic amines is 1. The van der Waals surface area contributed by atoms with Crippen molar-refractivity contribution in [1.82, 2.24) is 24.9 Å². The number of nitrogens with one attached hydrogen (secondary N) is 2. The molecule has 0 saturated carbocycles. The van der Waals surface area contributed by atoms with Crippen molar-refractivity contribution < 1.29 is 13.2 Å². The lowest BCUT2D eigenvalue weighted by atomic mass is 10.1. The zero-order valence-corrected chi connectivity index (χ0v) is 18.4. The van der Waals surface area contributed by atoms with Crippen LogP contribution in [-0.4, -0.2) is 24.9 Å². The first-order valence-corrected chi connectivity index (χ1v) is 10.5. The molecule has 1 aromatic carbocycles. The van der Waals surface area contributed by atoms with Crippen molar-refractivity contribution in [2.24, 2.45) is 0 Å². The molecule has 4 aromatic rings. The van der Waals surface area contributed by atoms with Gasteiger partial charge < -0.3 is 10.3 Å². The van der Waals surface area contributed by atoms with Gasteiger partial charge in [-0.3, -0.25) is 9.97 Å². The number of alkyl halides is 3. The molecular weight excluding hydrogens is 511 g/mol. The number of rotatable bonds is 4. The van der Waals surface area contributed by atoms with E-state index in [1.54, 1.807) is 6.92 Å². The highest BCUT2D eigenvalue weighted by molar-refractivity contribution is 9.10. The van der Waals surface area contributed by atoms with Crippen LogP contribution in [0.4, 0.5) is 19.0 Å². The van der Waals surface area contributed by atoms with Crippen LogP contribution in [0.2, 0.25) is 0 Å². The molecule has 0 aliphatic rings. The number of H-pyrrole nitrogens is 1. The zero-order chi connectivity index (χ0) is 23.0. The Hall–Kier alpha value is -3.37. The van der Waals surface area contributed by atoms with Crippen LogP contribution >= 0.6 is 27.3 Å². The van der Waals surface area contributed by atoms with E-state index in [1.807, 2.05) is 6.07 Å². The molecule has 4 rings (SSSR count). The standard InChI is InChI=1S/C19H11BrF3N7OS/c1-8(13-15(26-3-2-25-13)17-27-7-10(6-24)32-17)28-16-11-4-9(19(21,22)23)5-12(20)14(11)29-18(31)30-16/h2-5,7-8H,1H3,(H2,28,29,30,31). The second kappa shape index (κ2) is 8.29. The maximum atomic E-state index is 13.3. The number of aromatic nitrogens is 5. The fourth-order valence-corrected chi connectivity index (χ4v) is 4.31. The van der Waals surface area contributed by atoms with Crippen LogP contribution in [0, 0.1) is 11.3 Å². The van der Waals surface area contributed by atoms with Crippen molar-refractivity contribution >= 4 is 44.0 Å². The summed E-state index contributed by atoms with van der Waals surface area (Å²) in [5.74, 6) is -0.0449. The molecule has 0 amide bonds. The van der Waals surface area contributed by atoms with Crippen LogP contribution in [0.3, 0.4) is 0 Å². The topological polar surface area (TPSA) is 120 Å². The van der Waals surface area contributed by atoms with Gasteiger partial charge in [0.15, 0.2) is 0 Å². The fraction of sp³-hybridized carbons (Fsp3) is 0.158. The number of halogens is 4. The SMILES string of the molecule is CC(Nc1nc(=O)[nH]c2c(Br)cc(C(F)(F)F)cc12)c1nccnc1-c1ncc(C#N)s1. The zero-order valence-electron chi connectivity index (χ0n) is 16.0. The van der Waals surface area contributed by atoms with Crippen LogP contribution < -0.4 is 11.0 Å². The van der Waals surface area contributed by atoms with E-state index in [9.17, 15) is 18.0 Å². The van der Waals surface area contributed by atoms with Crippen molar-refractivity contribution in [1.29, 1.82) is 5.26 Å². The van der Waals surface area contributed by atoms with Gasteiger partial charge >= 0.3 is 11.9 Å². The minimum Gasteiger partial charge on any atom is -0.361 e. The number of nitrogens with zero attached hydrogens (tertiary/aromatic N) is 5. The number of hydrogen-bond donors (Lipinski definition) is 2. The van der Waals surface area contributed by atoms with Gasteiger partial charge in [0.1, 0.15) is 27.5 Å². The van der Waals surface area contributed by atoms with Gasteiger partial charge in [0.05, 0.1) is 29.0 Å². The number of anilines is 1. The van der Waals surface area contributed by atoms with Gasteiger partial charge in [0.25, 0.3) is 0 Å². The molecule has 0 saturated heterocycles. The van der Waals surface area contributed by atoms with Gasteiger partial charge in [0.2, 0.25) is 0 Å². The Morgan fingerprint density at radius 3 is 2.69 bits per heavy atom. The minimum absolute atomic E-state index is 0.0449. The third-order valence-corrected chi connectivity index (χ3v) is 5.96. The summed E-state index contributed by atoms with van der Waals surface area (Å²) in [6.45, 7) is 1.70. The van der Waals surface area contributed by atoms with E-state index in [2.05, 4.69) is 46.2 Å². The van der Waals surface area contributed by atoms with E-state index in [0.717, 1.165) is 23.5 Å². The molecule has 3 aromatic heterocycles. The molecule has 0 fully saturated rings. The normalized spacial score (nSPS) is 12.5. The van der Waals surface area contributed by atoms with Crippen molar-refractivity contribution in [2.75, 3.05) is 5.32 Å². The van der Waals surface area contributed by atoms with Gasteiger partial charge in [-0.1, -0.05) is 0 Å². The van der Waals surface area contributed by atoms with Crippen LogP contribution in [0.25, 0.3) is 21.6 Å². The van der Waals surface area contributed by atoms with Crippen LogP contribution in [0.15, 0.2) is 40.0 Å². The van der Waals surface area contributed by atoms with E-state index in [4.69, 9.17) is 5.26 Å². The summed E-state index contributed by atoms with van der Waals surface area (Å²) >= 11 is 4.22.